The Bertz CT molecular complexity index is 602. The highest BCUT2D eigenvalue weighted by molar-refractivity contribution is 5.79. The van der Waals surface area contributed by atoms with E-state index in [-0.39, 0.29) is 19.1 Å². The third kappa shape index (κ3) is 4.97. The molecule has 1 aromatic rings. The van der Waals surface area contributed by atoms with Gasteiger partial charge in [0.25, 0.3) is 0 Å². The van der Waals surface area contributed by atoms with Gasteiger partial charge in [0.05, 0.1) is 12.3 Å². The van der Waals surface area contributed by atoms with Crippen LogP contribution in [-0.4, -0.2) is 50.9 Å². The highest BCUT2D eigenvalue weighted by Crippen LogP contribution is 2.22. The minimum absolute atomic E-state index is 0.01000. The van der Waals surface area contributed by atoms with Crippen molar-refractivity contribution in [2.24, 2.45) is 0 Å². The maximum atomic E-state index is 11.2. The summed E-state index contributed by atoms with van der Waals surface area (Å²) in [7, 11) is 0. The fourth-order valence-corrected chi connectivity index (χ4v) is 2.71. The molecule has 0 spiro atoms. The van der Waals surface area contributed by atoms with Crippen molar-refractivity contribution in [1.82, 2.24) is 9.88 Å². The molecule has 2 N–H and O–H groups in total. The van der Waals surface area contributed by atoms with Gasteiger partial charge in [-0.25, -0.2) is 9.59 Å². The van der Waals surface area contributed by atoms with Crippen molar-refractivity contribution < 1.29 is 24.5 Å². The minimum Gasteiger partial charge on any atom is -0.489 e. The molecule has 1 aliphatic rings. The molecular weight excluding hydrogens is 312 g/mol. The van der Waals surface area contributed by atoms with Crippen LogP contribution in [0.1, 0.15) is 32.6 Å². The van der Waals surface area contributed by atoms with Crippen molar-refractivity contribution in [1.29, 1.82) is 0 Å². The van der Waals surface area contributed by atoms with Crippen molar-refractivity contribution in [3.63, 3.8) is 0 Å². The smallest absolute Gasteiger partial charge is 0.408 e. The third-order valence-electron chi connectivity index (χ3n) is 4.05. The fraction of sp³-hybridized carbons (Fsp3) is 0.471. The summed E-state index contributed by atoms with van der Waals surface area (Å²) in [5.74, 6) is -0.397. The monoisotopic (exact) mass is 334 g/mol. The van der Waals surface area contributed by atoms with E-state index in [2.05, 4.69) is 4.98 Å². The van der Waals surface area contributed by atoms with Gasteiger partial charge in [-0.1, -0.05) is 11.6 Å². The van der Waals surface area contributed by atoms with Crippen LogP contribution in [0.3, 0.4) is 0 Å². The number of carbonyl (C=O) groups is 2. The van der Waals surface area contributed by atoms with Gasteiger partial charge in [-0.2, -0.15) is 0 Å². The van der Waals surface area contributed by atoms with E-state index in [4.69, 9.17) is 9.84 Å². The van der Waals surface area contributed by atoms with Gasteiger partial charge in [-0.15, -0.1) is 0 Å². The molecule has 0 aromatic carbocycles. The van der Waals surface area contributed by atoms with Gasteiger partial charge in [-0.05, 0) is 44.7 Å². The number of nitrogens with zero attached hydrogens (tertiary/aromatic N) is 2. The molecule has 130 valence electrons. The maximum Gasteiger partial charge on any atom is 0.408 e. The van der Waals surface area contributed by atoms with Crippen molar-refractivity contribution >= 4 is 12.1 Å². The molecule has 0 bridgehead atoms. The number of ether oxygens (including phenoxy) is 1. The lowest BCUT2D eigenvalue weighted by atomic mass is 10.0. The van der Waals surface area contributed by atoms with Crippen LogP contribution in [0.15, 0.2) is 36.2 Å². The quantitative estimate of drug-likeness (QED) is 0.776. The van der Waals surface area contributed by atoms with Crippen LogP contribution < -0.4 is 4.74 Å². The predicted octanol–water partition coefficient (Wildman–Crippen LogP) is 2.78. The first-order chi connectivity index (χ1) is 11.5. The Morgan fingerprint density at radius 1 is 1.46 bits per heavy atom. The molecule has 0 saturated heterocycles. The van der Waals surface area contributed by atoms with Gasteiger partial charge in [-0.3, -0.25) is 9.88 Å². The van der Waals surface area contributed by atoms with Crippen molar-refractivity contribution in [3.05, 3.63) is 36.2 Å². The number of hydrogen-bond acceptors (Lipinski definition) is 4. The normalized spacial score (nSPS) is 19.1. The Morgan fingerprint density at radius 2 is 2.25 bits per heavy atom. The number of aromatic nitrogens is 1. The second-order valence-corrected chi connectivity index (χ2v) is 5.83. The molecule has 1 aromatic heterocycles. The first kappa shape index (κ1) is 17.8. The molecule has 0 fully saturated rings. The summed E-state index contributed by atoms with van der Waals surface area (Å²) in [5.41, 5.74) is 1.08. The Balaban J connectivity index is 1.88. The molecule has 7 nitrogen and oxygen atoms in total. The number of pyridine rings is 1. The molecule has 7 heteroatoms. The summed E-state index contributed by atoms with van der Waals surface area (Å²) in [4.78, 5) is 27.4. The Morgan fingerprint density at radius 3 is 2.88 bits per heavy atom. The van der Waals surface area contributed by atoms with E-state index in [0.29, 0.717) is 12.2 Å². The van der Waals surface area contributed by atoms with Crippen molar-refractivity contribution in [2.45, 2.75) is 44.8 Å². The number of amides is 1. The molecule has 1 aliphatic heterocycles. The van der Waals surface area contributed by atoms with Crippen molar-refractivity contribution in [2.75, 3.05) is 6.54 Å². The van der Waals surface area contributed by atoms with Crippen LogP contribution in [0.2, 0.25) is 0 Å². The lowest BCUT2D eigenvalue weighted by Gasteiger charge is -2.23. The van der Waals surface area contributed by atoms with E-state index in [1.807, 2.05) is 25.1 Å². The highest BCUT2D eigenvalue weighted by Gasteiger charge is 2.30. The van der Waals surface area contributed by atoms with E-state index in [1.54, 1.807) is 12.4 Å². The lowest BCUT2D eigenvalue weighted by Crippen LogP contribution is -2.44. The first-order valence-electron chi connectivity index (χ1n) is 7.94. The molecule has 2 rings (SSSR count). The summed E-state index contributed by atoms with van der Waals surface area (Å²) < 4.78 is 5.77. The minimum atomic E-state index is -1.19. The summed E-state index contributed by atoms with van der Waals surface area (Å²) >= 11 is 0. The number of aliphatic carboxylic acids is 1. The first-order valence-corrected chi connectivity index (χ1v) is 7.94. The molecule has 1 amide bonds. The zero-order valence-electron chi connectivity index (χ0n) is 13.6. The average molecular weight is 334 g/mol. The van der Waals surface area contributed by atoms with E-state index in [0.717, 1.165) is 23.3 Å². The molecule has 24 heavy (non-hydrogen) atoms. The topological polar surface area (TPSA) is 100.0 Å². The Hall–Kier alpha value is -2.57. The number of carboxylic acid groups (broad SMARTS) is 2. The van der Waals surface area contributed by atoms with Crippen LogP contribution >= 0.6 is 0 Å². The predicted molar refractivity (Wildman–Crippen MR) is 87.0 cm³/mol. The van der Waals surface area contributed by atoms with E-state index < -0.39 is 18.1 Å². The van der Waals surface area contributed by atoms with Crippen LogP contribution in [0.4, 0.5) is 4.79 Å². The number of carboxylic acids is 1. The molecule has 0 radical (unpaired) electrons. The largest absolute Gasteiger partial charge is 0.489 e. The molecule has 0 aliphatic carbocycles. The lowest BCUT2D eigenvalue weighted by molar-refractivity contribution is -0.142. The third-order valence-corrected chi connectivity index (χ3v) is 4.05. The van der Waals surface area contributed by atoms with Crippen LogP contribution in [0.5, 0.6) is 5.75 Å². The zero-order chi connectivity index (χ0) is 17.5. The van der Waals surface area contributed by atoms with Gasteiger partial charge in [0.2, 0.25) is 0 Å². The van der Waals surface area contributed by atoms with Gasteiger partial charge < -0.3 is 14.9 Å². The second-order valence-electron chi connectivity index (χ2n) is 5.83. The average Bonchev–Trinajstić information content (AvgIpc) is 2.76. The molecular formula is C17H22N2O5. The fourth-order valence-electron chi connectivity index (χ4n) is 2.71. The standard InChI is InChI=1S/C17H22N2O5/c1-12(24-14-3-2-9-18-11-14)4-5-13-6-7-15(16(20)21)19(10-8-13)17(22)23/h2-3,6,9,11-12,15H,4-5,7-8,10H2,1H3,(H,20,21)(H,22,23). The summed E-state index contributed by atoms with van der Waals surface area (Å²) in [6, 6.07) is 2.64. The van der Waals surface area contributed by atoms with E-state index in [9.17, 15) is 14.7 Å². The Kier molecular flexibility index (Phi) is 6.17. The van der Waals surface area contributed by atoms with Gasteiger partial charge in [0, 0.05) is 12.7 Å². The molecule has 0 saturated carbocycles. The Labute approximate surface area is 140 Å². The van der Waals surface area contributed by atoms with Crippen LogP contribution in [0.25, 0.3) is 0 Å². The molecule has 2 heterocycles. The highest BCUT2D eigenvalue weighted by atomic mass is 16.5. The number of rotatable bonds is 6. The number of hydrogen-bond donors (Lipinski definition) is 2. The van der Waals surface area contributed by atoms with E-state index >= 15 is 0 Å². The van der Waals surface area contributed by atoms with Crippen LogP contribution in [-0.2, 0) is 4.79 Å². The SMILES string of the molecule is CC(CCC1=CCC(C(=O)O)N(C(=O)O)CC1)Oc1cccnc1. The van der Waals surface area contributed by atoms with Crippen molar-refractivity contribution in [3.8, 4) is 5.75 Å². The van der Waals surface area contributed by atoms with Gasteiger partial charge in [0.1, 0.15) is 11.8 Å². The molecule has 2 atom stereocenters. The summed E-state index contributed by atoms with van der Waals surface area (Å²) in [6.07, 6.45) is 6.27. The zero-order valence-corrected chi connectivity index (χ0v) is 13.6. The second kappa shape index (κ2) is 8.33. The van der Waals surface area contributed by atoms with Gasteiger partial charge >= 0.3 is 12.1 Å². The maximum absolute atomic E-state index is 11.2. The summed E-state index contributed by atoms with van der Waals surface area (Å²) in [5, 5.41) is 18.4. The molecule has 2 unspecified atom stereocenters. The van der Waals surface area contributed by atoms with E-state index in [1.165, 1.54) is 0 Å². The van der Waals surface area contributed by atoms with Gasteiger partial charge in [0.15, 0.2) is 0 Å². The summed E-state index contributed by atoms with van der Waals surface area (Å²) in [6.45, 7) is 2.17. The van der Waals surface area contributed by atoms with Crippen LogP contribution in [0, 0.1) is 0 Å².